The molecule has 2 aliphatic rings. The zero-order chi connectivity index (χ0) is 20.9. The number of amides is 4. The normalized spacial score (nSPS) is 16.4. The largest absolute Gasteiger partial charge is 0.332 e. The number of likely N-dealkylation sites (N-methyl/N-ethyl adjacent to an activating group) is 1. The Morgan fingerprint density at radius 3 is 2.21 bits per heavy atom. The fraction of sp³-hybridized carbons (Fsp3) is 0.318. The van der Waals surface area contributed by atoms with Gasteiger partial charge in [-0.25, -0.2) is 4.79 Å². The first-order valence-corrected chi connectivity index (χ1v) is 9.93. The topological polar surface area (TPSA) is 60.9 Å². The van der Waals surface area contributed by atoms with Crippen LogP contribution in [0.4, 0.5) is 4.79 Å². The van der Waals surface area contributed by atoms with Crippen molar-refractivity contribution in [3.05, 3.63) is 58.1 Å². The number of nitrogens with zero attached hydrogens (tertiary/aromatic N) is 3. The van der Waals surface area contributed by atoms with Crippen LogP contribution in [0.5, 0.6) is 0 Å². The highest BCUT2D eigenvalue weighted by molar-refractivity contribution is 6.35. The van der Waals surface area contributed by atoms with Gasteiger partial charge in [-0.05, 0) is 31.0 Å². The van der Waals surface area contributed by atoms with E-state index in [-0.39, 0.29) is 30.4 Å². The van der Waals surface area contributed by atoms with Crippen molar-refractivity contribution in [3.63, 3.8) is 0 Å². The predicted molar refractivity (Wildman–Crippen MR) is 110 cm³/mol. The van der Waals surface area contributed by atoms with E-state index >= 15 is 0 Å². The molecular formula is C22H22ClN3O3. The molecule has 4 rings (SSSR count). The maximum atomic E-state index is 12.5. The number of carbonyl (C=O) groups is 3. The summed E-state index contributed by atoms with van der Waals surface area (Å²) >= 11 is 6.68. The maximum Gasteiger partial charge on any atom is 0.327 e. The standard InChI is InChI=1S/C22H22ClN3O3/c1-13(2)26-11-18-17(21(26)28)9-8-16(20(18)23)15-6-4-14(5-7-15)10-25-12-19(27)24(3)22(25)29/h4-9,13H,10-12H2,1-3H3. The molecule has 0 atom stereocenters. The van der Waals surface area contributed by atoms with Crippen LogP contribution in [0.2, 0.25) is 5.02 Å². The third-order valence-corrected chi connectivity index (χ3v) is 6.01. The van der Waals surface area contributed by atoms with E-state index in [9.17, 15) is 14.4 Å². The minimum Gasteiger partial charge on any atom is -0.332 e. The Morgan fingerprint density at radius 2 is 1.62 bits per heavy atom. The molecule has 2 aliphatic heterocycles. The van der Waals surface area contributed by atoms with E-state index in [4.69, 9.17) is 11.6 Å². The molecule has 150 valence electrons. The molecule has 6 nitrogen and oxygen atoms in total. The van der Waals surface area contributed by atoms with Crippen LogP contribution in [0.25, 0.3) is 11.1 Å². The van der Waals surface area contributed by atoms with Gasteiger partial charge in [0.25, 0.3) is 5.91 Å². The summed E-state index contributed by atoms with van der Waals surface area (Å²) in [5, 5.41) is 0.605. The molecule has 0 aliphatic carbocycles. The highest BCUT2D eigenvalue weighted by Gasteiger charge is 2.33. The zero-order valence-electron chi connectivity index (χ0n) is 16.6. The second-order valence-electron chi connectivity index (χ2n) is 7.77. The van der Waals surface area contributed by atoms with Crippen LogP contribution in [0.3, 0.4) is 0 Å². The molecule has 4 amide bonds. The van der Waals surface area contributed by atoms with E-state index in [0.29, 0.717) is 23.7 Å². The van der Waals surface area contributed by atoms with Crippen LogP contribution in [0.15, 0.2) is 36.4 Å². The summed E-state index contributed by atoms with van der Waals surface area (Å²) in [6, 6.07) is 11.3. The zero-order valence-corrected chi connectivity index (χ0v) is 17.4. The fourth-order valence-electron chi connectivity index (χ4n) is 3.80. The Morgan fingerprint density at radius 1 is 0.966 bits per heavy atom. The number of imide groups is 1. The fourth-order valence-corrected chi connectivity index (χ4v) is 4.14. The van der Waals surface area contributed by atoms with Crippen LogP contribution in [-0.2, 0) is 17.9 Å². The minimum atomic E-state index is -0.278. The number of benzene rings is 2. The van der Waals surface area contributed by atoms with Gasteiger partial charge in [0.15, 0.2) is 0 Å². The number of rotatable bonds is 4. The summed E-state index contributed by atoms with van der Waals surface area (Å²) in [4.78, 5) is 40.7. The Hall–Kier alpha value is -2.86. The summed E-state index contributed by atoms with van der Waals surface area (Å²) in [5.74, 6) is -0.171. The monoisotopic (exact) mass is 411 g/mol. The van der Waals surface area contributed by atoms with E-state index in [1.54, 1.807) is 0 Å². The van der Waals surface area contributed by atoms with E-state index in [1.165, 1.54) is 11.9 Å². The summed E-state index contributed by atoms with van der Waals surface area (Å²) in [6.45, 7) is 5.00. The molecule has 7 heteroatoms. The van der Waals surface area contributed by atoms with Gasteiger partial charge in [-0.1, -0.05) is 41.9 Å². The summed E-state index contributed by atoms with van der Waals surface area (Å²) < 4.78 is 0. The van der Waals surface area contributed by atoms with Crippen LogP contribution in [-0.4, -0.2) is 52.2 Å². The lowest BCUT2D eigenvalue weighted by molar-refractivity contribution is -0.124. The molecule has 2 aromatic carbocycles. The van der Waals surface area contributed by atoms with Crippen LogP contribution in [0.1, 0.15) is 35.3 Å². The van der Waals surface area contributed by atoms with Crippen molar-refractivity contribution in [2.24, 2.45) is 0 Å². The number of hydrogen-bond acceptors (Lipinski definition) is 3. The second kappa shape index (κ2) is 7.19. The van der Waals surface area contributed by atoms with Crippen molar-refractivity contribution in [1.29, 1.82) is 0 Å². The molecule has 0 bridgehead atoms. The van der Waals surface area contributed by atoms with Crippen molar-refractivity contribution in [2.75, 3.05) is 13.6 Å². The molecule has 2 aromatic rings. The molecular weight excluding hydrogens is 390 g/mol. The van der Waals surface area contributed by atoms with Crippen molar-refractivity contribution in [1.82, 2.24) is 14.7 Å². The molecule has 0 unspecified atom stereocenters. The van der Waals surface area contributed by atoms with Gasteiger partial charge in [-0.3, -0.25) is 14.5 Å². The maximum absolute atomic E-state index is 12.5. The van der Waals surface area contributed by atoms with Crippen LogP contribution >= 0.6 is 11.6 Å². The van der Waals surface area contributed by atoms with Crippen molar-refractivity contribution < 1.29 is 14.4 Å². The van der Waals surface area contributed by atoms with Gasteiger partial charge in [-0.15, -0.1) is 0 Å². The van der Waals surface area contributed by atoms with E-state index in [1.807, 2.05) is 55.1 Å². The molecule has 0 N–H and O–H groups in total. The predicted octanol–water partition coefficient (Wildman–Crippen LogP) is 3.77. The van der Waals surface area contributed by atoms with Gasteiger partial charge in [-0.2, -0.15) is 0 Å². The minimum absolute atomic E-state index is 0.0218. The third kappa shape index (κ3) is 3.27. The van der Waals surface area contributed by atoms with Gasteiger partial charge >= 0.3 is 6.03 Å². The number of halogens is 1. The van der Waals surface area contributed by atoms with E-state index < -0.39 is 0 Å². The molecule has 0 radical (unpaired) electrons. The molecule has 29 heavy (non-hydrogen) atoms. The number of carbonyl (C=O) groups excluding carboxylic acids is 3. The Bertz CT molecular complexity index is 1020. The molecule has 0 aromatic heterocycles. The van der Waals surface area contributed by atoms with Crippen LogP contribution in [0, 0.1) is 0 Å². The highest BCUT2D eigenvalue weighted by Crippen LogP contribution is 2.37. The van der Waals surface area contributed by atoms with Crippen molar-refractivity contribution >= 4 is 29.4 Å². The van der Waals surface area contributed by atoms with Gasteiger partial charge < -0.3 is 9.80 Å². The highest BCUT2D eigenvalue weighted by atomic mass is 35.5. The Balaban J connectivity index is 1.57. The third-order valence-electron chi connectivity index (χ3n) is 5.58. The van der Waals surface area contributed by atoms with Crippen molar-refractivity contribution in [3.8, 4) is 11.1 Å². The molecule has 2 heterocycles. The lowest BCUT2D eigenvalue weighted by atomic mass is 9.99. The second-order valence-corrected chi connectivity index (χ2v) is 8.15. The summed E-state index contributed by atoms with van der Waals surface area (Å²) in [7, 11) is 1.49. The average molecular weight is 412 g/mol. The summed E-state index contributed by atoms with van der Waals surface area (Å²) in [5.41, 5.74) is 4.30. The molecule has 0 saturated carbocycles. The van der Waals surface area contributed by atoms with Gasteiger partial charge in [0, 0.05) is 42.9 Å². The lowest BCUT2D eigenvalue weighted by Gasteiger charge is -2.19. The lowest BCUT2D eigenvalue weighted by Crippen LogP contribution is -2.30. The van der Waals surface area contributed by atoms with Crippen LogP contribution < -0.4 is 0 Å². The molecule has 1 saturated heterocycles. The first-order valence-electron chi connectivity index (χ1n) is 9.55. The quantitative estimate of drug-likeness (QED) is 0.719. The summed E-state index contributed by atoms with van der Waals surface area (Å²) in [6.07, 6.45) is 0. The van der Waals surface area contributed by atoms with E-state index in [2.05, 4.69) is 0 Å². The first-order chi connectivity index (χ1) is 13.8. The SMILES string of the molecule is CC(C)N1Cc2c(ccc(-c3ccc(CN4CC(=O)N(C)C4=O)cc3)c2Cl)C1=O. The van der Waals surface area contributed by atoms with Gasteiger partial charge in [0.05, 0.1) is 5.02 Å². The Kier molecular flexibility index (Phi) is 4.82. The number of hydrogen-bond donors (Lipinski definition) is 0. The van der Waals surface area contributed by atoms with Gasteiger partial charge in [0.2, 0.25) is 5.91 Å². The van der Waals surface area contributed by atoms with Gasteiger partial charge in [0.1, 0.15) is 6.54 Å². The van der Waals surface area contributed by atoms with E-state index in [0.717, 1.165) is 27.2 Å². The smallest absolute Gasteiger partial charge is 0.327 e. The molecule has 1 fully saturated rings. The van der Waals surface area contributed by atoms with Crippen molar-refractivity contribution in [2.45, 2.75) is 33.0 Å². The Labute approximate surface area is 174 Å². The number of urea groups is 1. The molecule has 0 spiro atoms. The average Bonchev–Trinajstić information content (AvgIpc) is 3.16. The number of fused-ring (bicyclic) bond motifs is 1. The first kappa shape index (κ1) is 19.5.